The lowest BCUT2D eigenvalue weighted by Gasteiger charge is -2.25. The van der Waals surface area contributed by atoms with Crippen LogP contribution in [-0.4, -0.2) is 30.4 Å². The van der Waals surface area contributed by atoms with E-state index in [1.807, 2.05) is 50.3 Å². The van der Waals surface area contributed by atoms with Gasteiger partial charge >= 0.3 is 5.97 Å². The summed E-state index contributed by atoms with van der Waals surface area (Å²) in [4.78, 5) is 32.0. The fraction of sp³-hybridized carbons (Fsp3) is 0.321. The van der Waals surface area contributed by atoms with Gasteiger partial charge in [-0.15, -0.1) is 0 Å². The maximum Gasteiger partial charge on any atom is 0.338 e. The summed E-state index contributed by atoms with van der Waals surface area (Å²) in [5, 5.41) is 0.446. The minimum atomic E-state index is -0.759. The molecule has 2 heterocycles. The Morgan fingerprint density at radius 3 is 2.63 bits per heavy atom. The molecule has 0 aliphatic carbocycles. The molecule has 3 aromatic rings. The third-order valence-electron chi connectivity index (χ3n) is 5.80. The Hall–Kier alpha value is -2.63. The standard InChI is InChI=1S/C28H28ClIN2O5S/c1-5-12-37-25-20(30)13-17(14-21(25)35-6-2)15-22-26(33)32-24(18-10-8-9-11-19(18)29)23(27(34)36-7-3)16(4)31-28(32)38-22/h8-11,13-15,24H,5-7,12H2,1-4H3/b22-15+/t24-/m1/s1. The van der Waals surface area contributed by atoms with Crippen LogP contribution >= 0.6 is 45.5 Å². The quantitative estimate of drug-likeness (QED) is 0.231. The van der Waals surface area contributed by atoms with Crippen molar-refractivity contribution in [2.24, 2.45) is 4.99 Å². The van der Waals surface area contributed by atoms with Crippen LogP contribution in [0.2, 0.25) is 5.02 Å². The van der Waals surface area contributed by atoms with Crippen LogP contribution in [0.3, 0.4) is 0 Å². The molecular weight excluding hydrogens is 639 g/mol. The molecule has 0 saturated heterocycles. The minimum Gasteiger partial charge on any atom is -0.490 e. The van der Waals surface area contributed by atoms with Gasteiger partial charge in [-0.3, -0.25) is 9.36 Å². The number of carbonyl (C=O) groups excluding carboxylic acids is 1. The number of ether oxygens (including phenoxy) is 3. The number of hydrogen-bond acceptors (Lipinski definition) is 7. The van der Waals surface area contributed by atoms with Gasteiger partial charge < -0.3 is 14.2 Å². The van der Waals surface area contributed by atoms with Gasteiger partial charge in [0.05, 0.1) is 39.2 Å². The van der Waals surface area contributed by atoms with E-state index in [0.29, 0.717) is 55.9 Å². The topological polar surface area (TPSA) is 79.1 Å². The van der Waals surface area contributed by atoms with Gasteiger partial charge in [-0.2, -0.15) is 0 Å². The summed E-state index contributed by atoms with van der Waals surface area (Å²) >= 11 is 10.0. The lowest BCUT2D eigenvalue weighted by molar-refractivity contribution is -0.139. The number of nitrogens with zero attached hydrogens (tertiary/aromatic N) is 2. The molecule has 1 aromatic heterocycles. The van der Waals surface area contributed by atoms with Gasteiger partial charge in [-0.25, -0.2) is 9.79 Å². The first-order valence-corrected chi connectivity index (χ1v) is 14.6. The SMILES string of the molecule is CCCOc1c(I)cc(/C=c2/sc3n(c2=O)[C@H](c2ccccc2Cl)C(C(=O)OCC)=C(C)N=3)cc1OCC. The van der Waals surface area contributed by atoms with Crippen LogP contribution in [0.4, 0.5) is 0 Å². The fourth-order valence-electron chi connectivity index (χ4n) is 4.21. The summed E-state index contributed by atoms with van der Waals surface area (Å²) in [6, 6.07) is 10.3. The lowest BCUT2D eigenvalue weighted by atomic mass is 9.96. The fourth-order valence-corrected chi connectivity index (χ4v) is 6.28. The van der Waals surface area contributed by atoms with Crippen LogP contribution in [0, 0.1) is 3.57 Å². The van der Waals surface area contributed by atoms with Crippen LogP contribution in [0.1, 0.15) is 51.3 Å². The third-order valence-corrected chi connectivity index (χ3v) is 7.93. The molecule has 0 N–H and O–H groups in total. The monoisotopic (exact) mass is 666 g/mol. The number of aromatic nitrogens is 1. The Kier molecular flexibility index (Phi) is 9.32. The Balaban J connectivity index is 1.91. The van der Waals surface area contributed by atoms with Crippen molar-refractivity contribution in [2.75, 3.05) is 19.8 Å². The van der Waals surface area contributed by atoms with Crippen molar-refractivity contribution >= 4 is 57.6 Å². The number of rotatable bonds is 9. The van der Waals surface area contributed by atoms with Crippen LogP contribution in [-0.2, 0) is 9.53 Å². The minimum absolute atomic E-state index is 0.202. The van der Waals surface area contributed by atoms with E-state index in [2.05, 4.69) is 27.6 Å². The Morgan fingerprint density at radius 2 is 1.95 bits per heavy atom. The first-order chi connectivity index (χ1) is 18.3. The highest BCUT2D eigenvalue weighted by Gasteiger charge is 2.34. The number of hydrogen-bond donors (Lipinski definition) is 0. The first-order valence-electron chi connectivity index (χ1n) is 12.3. The van der Waals surface area contributed by atoms with E-state index in [4.69, 9.17) is 25.8 Å². The molecule has 0 saturated carbocycles. The Bertz CT molecular complexity index is 1580. The molecule has 0 fully saturated rings. The molecule has 2 aromatic carbocycles. The smallest absolute Gasteiger partial charge is 0.338 e. The zero-order chi connectivity index (χ0) is 27.4. The van der Waals surface area contributed by atoms with Crippen molar-refractivity contribution in [3.05, 3.63) is 87.1 Å². The first kappa shape index (κ1) is 28.4. The molecule has 7 nitrogen and oxygen atoms in total. The molecular formula is C28H28ClIN2O5S. The Labute approximate surface area is 243 Å². The number of fused-ring (bicyclic) bond motifs is 1. The van der Waals surface area contributed by atoms with E-state index in [-0.39, 0.29) is 12.2 Å². The third kappa shape index (κ3) is 5.69. The van der Waals surface area contributed by atoms with Gasteiger partial charge in [0.1, 0.15) is 6.04 Å². The average molecular weight is 667 g/mol. The van der Waals surface area contributed by atoms with Crippen LogP contribution in [0.5, 0.6) is 11.5 Å². The molecule has 1 atom stereocenters. The predicted octanol–water partition coefficient (Wildman–Crippen LogP) is 5.24. The summed E-state index contributed by atoms with van der Waals surface area (Å²) in [7, 11) is 0. The van der Waals surface area contributed by atoms with Crippen molar-refractivity contribution in [2.45, 2.75) is 40.2 Å². The maximum atomic E-state index is 13.9. The zero-order valence-electron chi connectivity index (χ0n) is 21.5. The Morgan fingerprint density at radius 1 is 1.18 bits per heavy atom. The van der Waals surface area contributed by atoms with Gasteiger partial charge in [0.15, 0.2) is 16.3 Å². The molecule has 0 bridgehead atoms. The molecule has 38 heavy (non-hydrogen) atoms. The molecule has 1 aliphatic heterocycles. The summed E-state index contributed by atoms with van der Waals surface area (Å²) in [5.74, 6) is 0.800. The van der Waals surface area contributed by atoms with Gasteiger partial charge in [-0.1, -0.05) is 48.1 Å². The van der Waals surface area contributed by atoms with Crippen molar-refractivity contribution < 1.29 is 19.0 Å². The summed E-state index contributed by atoms with van der Waals surface area (Å²) in [6.45, 7) is 8.72. The van der Waals surface area contributed by atoms with Crippen molar-refractivity contribution in [1.29, 1.82) is 0 Å². The van der Waals surface area contributed by atoms with E-state index in [9.17, 15) is 9.59 Å². The highest BCUT2D eigenvalue weighted by atomic mass is 127. The van der Waals surface area contributed by atoms with E-state index >= 15 is 0 Å². The number of carbonyl (C=O) groups is 1. The summed E-state index contributed by atoms with van der Waals surface area (Å²) in [6.07, 6.45) is 2.69. The predicted molar refractivity (Wildman–Crippen MR) is 158 cm³/mol. The van der Waals surface area contributed by atoms with Crippen LogP contribution < -0.4 is 24.4 Å². The molecule has 200 valence electrons. The largest absolute Gasteiger partial charge is 0.490 e. The molecule has 0 unspecified atom stereocenters. The van der Waals surface area contributed by atoms with Gasteiger partial charge in [0.25, 0.3) is 5.56 Å². The van der Waals surface area contributed by atoms with Gasteiger partial charge in [0.2, 0.25) is 0 Å². The van der Waals surface area contributed by atoms with Crippen molar-refractivity contribution in [3.63, 3.8) is 0 Å². The van der Waals surface area contributed by atoms with Gasteiger partial charge in [-0.05, 0) is 85.2 Å². The number of thiazole rings is 1. The molecule has 1 aliphatic rings. The molecule has 10 heteroatoms. The van der Waals surface area contributed by atoms with Gasteiger partial charge in [0, 0.05) is 5.02 Å². The highest BCUT2D eigenvalue weighted by molar-refractivity contribution is 14.1. The summed E-state index contributed by atoms with van der Waals surface area (Å²) < 4.78 is 20.0. The molecule has 0 radical (unpaired) electrons. The summed E-state index contributed by atoms with van der Waals surface area (Å²) in [5.41, 5.74) is 1.94. The molecule has 0 spiro atoms. The highest BCUT2D eigenvalue weighted by Crippen LogP contribution is 2.36. The maximum absolute atomic E-state index is 13.9. The number of benzene rings is 2. The number of allylic oxidation sites excluding steroid dienone is 1. The van der Waals surface area contributed by atoms with Crippen LogP contribution in [0.15, 0.2) is 57.5 Å². The van der Waals surface area contributed by atoms with E-state index in [0.717, 1.165) is 15.6 Å². The molecule has 4 rings (SSSR count). The second-order valence-electron chi connectivity index (χ2n) is 8.44. The normalized spacial score (nSPS) is 15.2. The number of esters is 1. The second kappa shape index (κ2) is 12.5. The van der Waals surface area contributed by atoms with Crippen LogP contribution in [0.25, 0.3) is 6.08 Å². The molecule has 0 amide bonds. The van der Waals surface area contributed by atoms with E-state index in [1.54, 1.807) is 19.9 Å². The number of halogens is 2. The van der Waals surface area contributed by atoms with Crippen molar-refractivity contribution in [3.8, 4) is 11.5 Å². The average Bonchev–Trinajstić information content (AvgIpc) is 3.17. The second-order valence-corrected chi connectivity index (χ2v) is 11.0. The van der Waals surface area contributed by atoms with E-state index in [1.165, 1.54) is 15.9 Å². The zero-order valence-corrected chi connectivity index (χ0v) is 25.3. The lowest BCUT2D eigenvalue weighted by Crippen LogP contribution is -2.40. The van der Waals surface area contributed by atoms with Crippen molar-refractivity contribution in [1.82, 2.24) is 4.57 Å². The van der Waals surface area contributed by atoms with E-state index < -0.39 is 12.0 Å².